The van der Waals surface area contributed by atoms with E-state index in [1.165, 1.54) is 0 Å². The van der Waals surface area contributed by atoms with Crippen LogP contribution in [0.3, 0.4) is 0 Å². The highest BCUT2D eigenvalue weighted by atomic mass is 32.1. The first kappa shape index (κ1) is 15.5. The fourth-order valence-corrected chi connectivity index (χ4v) is 2.61. The number of hydrogen-bond acceptors (Lipinski definition) is 3. The number of hydrogen-bond donors (Lipinski definition) is 1. The molecule has 1 amide bonds. The second kappa shape index (κ2) is 5.48. The number of nitrogens with zero attached hydrogens (tertiary/aromatic N) is 1. The topological polar surface area (TPSA) is 42.0 Å². The van der Waals surface area contributed by atoms with Crippen LogP contribution in [0, 0.1) is 20.8 Å². The molecule has 0 fully saturated rings. The molecule has 0 aliphatic rings. The lowest BCUT2D eigenvalue weighted by Gasteiger charge is -2.05. The van der Waals surface area contributed by atoms with E-state index in [0.29, 0.717) is 5.69 Å². The molecule has 2 aromatic rings. The summed E-state index contributed by atoms with van der Waals surface area (Å²) in [4.78, 5) is 15.8. The maximum Gasteiger partial charge on any atom is 0.471 e. The first-order valence-corrected chi connectivity index (χ1v) is 6.93. The minimum atomic E-state index is -4.92. The number of benzene rings is 1. The standard InChI is InChI=1S/C14H13F3N2OS/c1-7-4-5-10(6-8(7)2)11-9(3)21-13(18-11)19-12(20)14(15,16)17/h4-6H,1-3H3,(H,18,19,20). The van der Waals surface area contributed by atoms with Crippen LogP contribution in [-0.2, 0) is 4.79 Å². The third kappa shape index (κ3) is 3.41. The van der Waals surface area contributed by atoms with Crippen molar-refractivity contribution in [2.75, 3.05) is 5.32 Å². The first-order valence-electron chi connectivity index (χ1n) is 6.11. The summed E-state index contributed by atoms with van der Waals surface area (Å²) in [6.45, 7) is 5.68. The van der Waals surface area contributed by atoms with Crippen LogP contribution in [0.1, 0.15) is 16.0 Å². The molecule has 2 rings (SSSR count). The van der Waals surface area contributed by atoms with Gasteiger partial charge in [-0.2, -0.15) is 13.2 Å². The summed E-state index contributed by atoms with van der Waals surface area (Å²) in [5.74, 6) is -2.01. The summed E-state index contributed by atoms with van der Waals surface area (Å²) in [7, 11) is 0. The van der Waals surface area contributed by atoms with Gasteiger partial charge in [0.2, 0.25) is 0 Å². The number of nitrogens with one attached hydrogen (secondary N) is 1. The Kier molecular flexibility index (Phi) is 4.04. The van der Waals surface area contributed by atoms with Gasteiger partial charge in [-0.1, -0.05) is 12.1 Å². The Morgan fingerprint density at radius 1 is 1.19 bits per heavy atom. The van der Waals surface area contributed by atoms with E-state index in [2.05, 4.69) is 4.98 Å². The van der Waals surface area contributed by atoms with Crippen LogP contribution in [0.5, 0.6) is 0 Å². The Morgan fingerprint density at radius 2 is 1.86 bits per heavy atom. The summed E-state index contributed by atoms with van der Waals surface area (Å²) < 4.78 is 36.7. The van der Waals surface area contributed by atoms with Crippen LogP contribution >= 0.6 is 11.3 Å². The van der Waals surface area contributed by atoms with E-state index >= 15 is 0 Å². The lowest BCUT2D eigenvalue weighted by Crippen LogP contribution is -2.29. The van der Waals surface area contributed by atoms with Crippen LogP contribution in [-0.4, -0.2) is 17.1 Å². The maximum atomic E-state index is 12.2. The number of carbonyl (C=O) groups excluding carboxylic acids is 1. The first-order chi connectivity index (χ1) is 9.68. The zero-order chi connectivity index (χ0) is 15.8. The van der Waals surface area contributed by atoms with E-state index < -0.39 is 12.1 Å². The second-order valence-electron chi connectivity index (χ2n) is 4.67. The predicted molar refractivity (Wildman–Crippen MR) is 76.4 cm³/mol. The largest absolute Gasteiger partial charge is 0.471 e. The number of amides is 1. The van der Waals surface area contributed by atoms with Gasteiger partial charge in [0, 0.05) is 10.4 Å². The molecular weight excluding hydrogens is 301 g/mol. The van der Waals surface area contributed by atoms with E-state index in [1.807, 2.05) is 32.0 Å². The third-order valence-corrected chi connectivity index (χ3v) is 3.94. The van der Waals surface area contributed by atoms with Gasteiger partial charge in [-0.05, 0) is 38.0 Å². The highest BCUT2D eigenvalue weighted by molar-refractivity contribution is 7.16. The Hall–Kier alpha value is -1.89. The molecule has 0 atom stereocenters. The number of alkyl halides is 3. The van der Waals surface area contributed by atoms with E-state index in [4.69, 9.17) is 0 Å². The molecule has 0 aliphatic carbocycles. The molecule has 112 valence electrons. The molecule has 0 bridgehead atoms. The summed E-state index contributed by atoms with van der Waals surface area (Å²) in [6.07, 6.45) is -4.92. The predicted octanol–water partition coefficient (Wildman–Crippen LogP) is 4.24. The van der Waals surface area contributed by atoms with Crippen LogP contribution in [0.25, 0.3) is 11.3 Å². The average molecular weight is 314 g/mol. The number of carbonyl (C=O) groups is 1. The Bertz CT molecular complexity index is 692. The van der Waals surface area contributed by atoms with E-state index in [-0.39, 0.29) is 5.13 Å². The fourth-order valence-electron chi connectivity index (χ4n) is 1.77. The van der Waals surface area contributed by atoms with Crippen molar-refractivity contribution in [3.63, 3.8) is 0 Å². The third-order valence-electron chi connectivity index (χ3n) is 3.05. The molecule has 21 heavy (non-hydrogen) atoms. The molecule has 0 spiro atoms. The van der Waals surface area contributed by atoms with Gasteiger partial charge in [0.1, 0.15) is 0 Å². The smallest absolute Gasteiger partial charge is 0.294 e. The van der Waals surface area contributed by atoms with Crippen molar-refractivity contribution < 1.29 is 18.0 Å². The average Bonchev–Trinajstić information content (AvgIpc) is 2.72. The zero-order valence-corrected chi connectivity index (χ0v) is 12.4. The Morgan fingerprint density at radius 3 is 2.43 bits per heavy atom. The molecule has 1 N–H and O–H groups in total. The minimum Gasteiger partial charge on any atom is -0.294 e. The van der Waals surface area contributed by atoms with Crippen molar-refractivity contribution in [2.24, 2.45) is 0 Å². The van der Waals surface area contributed by atoms with E-state index in [1.54, 1.807) is 12.2 Å². The van der Waals surface area contributed by atoms with Crippen molar-refractivity contribution in [3.8, 4) is 11.3 Å². The normalized spacial score (nSPS) is 11.5. The van der Waals surface area contributed by atoms with Crippen molar-refractivity contribution in [1.82, 2.24) is 4.98 Å². The van der Waals surface area contributed by atoms with Crippen molar-refractivity contribution in [3.05, 3.63) is 34.2 Å². The molecule has 3 nitrogen and oxygen atoms in total. The highest BCUT2D eigenvalue weighted by Crippen LogP contribution is 2.32. The summed E-state index contributed by atoms with van der Waals surface area (Å²) in [5.41, 5.74) is 3.60. The molecule has 0 aliphatic heterocycles. The molecule has 0 saturated heterocycles. The van der Waals surface area contributed by atoms with Gasteiger partial charge < -0.3 is 0 Å². The molecule has 0 radical (unpaired) electrons. The van der Waals surface area contributed by atoms with Crippen molar-refractivity contribution in [1.29, 1.82) is 0 Å². The number of aromatic nitrogens is 1. The SMILES string of the molecule is Cc1ccc(-c2nc(NC(=O)C(F)(F)F)sc2C)cc1C. The number of rotatable bonds is 2. The zero-order valence-electron chi connectivity index (χ0n) is 11.6. The van der Waals surface area contributed by atoms with Gasteiger partial charge in [0.15, 0.2) is 5.13 Å². The van der Waals surface area contributed by atoms with Gasteiger partial charge in [-0.15, -0.1) is 11.3 Å². The lowest BCUT2D eigenvalue weighted by atomic mass is 10.0. The monoisotopic (exact) mass is 314 g/mol. The molecule has 1 heterocycles. The molecule has 7 heteroatoms. The number of anilines is 1. The molecule has 0 unspecified atom stereocenters. The van der Waals surface area contributed by atoms with Crippen LogP contribution in [0.4, 0.5) is 18.3 Å². The van der Waals surface area contributed by atoms with Gasteiger partial charge in [-0.25, -0.2) is 4.98 Å². The van der Waals surface area contributed by atoms with Gasteiger partial charge in [0.25, 0.3) is 0 Å². The fraction of sp³-hybridized carbons (Fsp3) is 0.286. The molecule has 1 aromatic heterocycles. The van der Waals surface area contributed by atoms with Crippen molar-refractivity contribution in [2.45, 2.75) is 26.9 Å². The highest BCUT2D eigenvalue weighted by Gasteiger charge is 2.39. The van der Waals surface area contributed by atoms with E-state index in [0.717, 1.165) is 32.9 Å². The van der Waals surface area contributed by atoms with Gasteiger partial charge >= 0.3 is 12.1 Å². The molecule has 1 aromatic carbocycles. The van der Waals surface area contributed by atoms with Crippen LogP contribution < -0.4 is 5.32 Å². The Balaban J connectivity index is 2.31. The van der Waals surface area contributed by atoms with E-state index in [9.17, 15) is 18.0 Å². The Labute approximate surface area is 123 Å². The molecular formula is C14H13F3N2OS. The summed E-state index contributed by atoms with van der Waals surface area (Å²) in [5, 5.41) is 1.73. The molecule has 0 saturated carbocycles. The number of thiazole rings is 1. The summed E-state index contributed by atoms with van der Waals surface area (Å²) in [6, 6.07) is 5.71. The van der Waals surface area contributed by atoms with Crippen molar-refractivity contribution >= 4 is 22.4 Å². The number of aryl methyl sites for hydroxylation is 3. The lowest BCUT2D eigenvalue weighted by molar-refractivity contribution is -0.167. The quantitative estimate of drug-likeness (QED) is 0.901. The van der Waals surface area contributed by atoms with Crippen LogP contribution in [0.2, 0.25) is 0 Å². The van der Waals surface area contributed by atoms with Crippen LogP contribution in [0.15, 0.2) is 18.2 Å². The van der Waals surface area contributed by atoms with Gasteiger partial charge in [0.05, 0.1) is 5.69 Å². The number of halogens is 3. The van der Waals surface area contributed by atoms with Gasteiger partial charge in [-0.3, -0.25) is 10.1 Å². The minimum absolute atomic E-state index is 0.0527. The summed E-state index contributed by atoms with van der Waals surface area (Å²) >= 11 is 1.02. The second-order valence-corrected chi connectivity index (χ2v) is 5.88. The maximum absolute atomic E-state index is 12.2.